The van der Waals surface area contributed by atoms with Crippen LogP contribution >= 0.6 is 27.3 Å². The van der Waals surface area contributed by atoms with Gasteiger partial charge in [0.15, 0.2) is 0 Å². The molecule has 0 aliphatic rings. The van der Waals surface area contributed by atoms with Crippen molar-refractivity contribution >= 4 is 38.3 Å². The number of anilines is 1. The second-order valence-electron chi connectivity index (χ2n) is 4.74. The average molecular weight is 392 g/mol. The van der Waals surface area contributed by atoms with Crippen molar-refractivity contribution in [1.29, 1.82) is 0 Å². The maximum absolute atomic E-state index is 13.1. The second kappa shape index (κ2) is 6.97. The van der Waals surface area contributed by atoms with E-state index in [9.17, 15) is 9.18 Å². The van der Waals surface area contributed by atoms with E-state index in [1.54, 1.807) is 0 Å². The van der Waals surface area contributed by atoms with Crippen molar-refractivity contribution in [3.05, 3.63) is 75.0 Å². The largest absolute Gasteiger partial charge is 0.296 e. The third-order valence-corrected chi connectivity index (χ3v) is 4.56. The summed E-state index contributed by atoms with van der Waals surface area (Å²) < 4.78 is 13.5. The average Bonchev–Trinajstić information content (AvgIpc) is 2.95. The SMILES string of the molecule is O=C(Nc1nnc(Cc2ccccc2)s1)c1ccc(F)cc1Br. The Balaban J connectivity index is 1.70. The molecule has 0 bridgehead atoms. The van der Waals surface area contributed by atoms with Crippen molar-refractivity contribution in [1.82, 2.24) is 10.2 Å². The van der Waals surface area contributed by atoms with E-state index in [2.05, 4.69) is 31.4 Å². The summed E-state index contributed by atoms with van der Waals surface area (Å²) in [5, 5.41) is 12.0. The van der Waals surface area contributed by atoms with Gasteiger partial charge in [0.2, 0.25) is 5.13 Å². The minimum absolute atomic E-state index is 0.339. The molecule has 0 unspecified atom stereocenters. The zero-order valence-electron chi connectivity index (χ0n) is 11.8. The molecule has 0 aliphatic carbocycles. The van der Waals surface area contributed by atoms with Crippen LogP contribution in [0.5, 0.6) is 0 Å². The number of halogens is 2. The van der Waals surface area contributed by atoms with E-state index in [1.807, 2.05) is 30.3 Å². The van der Waals surface area contributed by atoms with E-state index in [4.69, 9.17) is 0 Å². The van der Waals surface area contributed by atoms with Crippen molar-refractivity contribution in [3.8, 4) is 0 Å². The molecule has 0 fully saturated rings. The van der Waals surface area contributed by atoms with E-state index >= 15 is 0 Å². The Kier molecular flexibility index (Phi) is 4.78. The van der Waals surface area contributed by atoms with Crippen LogP contribution in [0.1, 0.15) is 20.9 Å². The summed E-state index contributed by atoms with van der Waals surface area (Å²) in [7, 11) is 0. The first-order chi connectivity index (χ1) is 11.1. The van der Waals surface area contributed by atoms with Gasteiger partial charge < -0.3 is 0 Å². The molecule has 1 amide bonds. The summed E-state index contributed by atoms with van der Waals surface area (Å²) in [6.07, 6.45) is 0.661. The van der Waals surface area contributed by atoms with Gasteiger partial charge in [0.25, 0.3) is 5.91 Å². The highest BCUT2D eigenvalue weighted by Crippen LogP contribution is 2.22. The number of nitrogens with zero attached hydrogens (tertiary/aromatic N) is 2. The molecule has 1 aromatic heterocycles. The van der Waals surface area contributed by atoms with Crippen molar-refractivity contribution in [2.45, 2.75) is 6.42 Å². The molecule has 23 heavy (non-hydrogen) atoms. The monoisotopic (exact) mass is 391 g/mol. The summed E-state index contributed by atoms with van der Waals surface area (Å²) >= 11 is 4.49. The van der Waals surface area contributed by atoms with Crippen LogP contribution in [0.2, 0.25) is 0 Å². The fourth-order valence-electron chi connectivity index (χ4n) is 1.98. The lowest BCUT2D eigenvalue weighted by atomic mass is 10.2. The minimum atomic E-state index is -0.408. The first kappa shape index (κ1) is 15.8. The van der Waals surface area contributed by atoms with Gasteiger partial charge in [-0.1, -0.05) is 41.7 Å². The summed E-state index contributed by atoms with van der Waals surface area (Å²) in [6.45, 7) is 0. The lowest BCUT2D eigenvalue weighted by Gasteiger charge is -2.03. The quantitative estimate of drug-likeness (QED) is 0.721. The molecule has 0 atom stereocenters. The molecule has 7 heteroatoms. The van der Waals surface area contributed by atoms with Gasteiger partial charge in [0.05, 0.1) is 5.56 Å². The topological polar surface area (TPSA) is 54.9 Å². The maximum atomic E-state index is 13.1. The van der Waals surface area contributed by atoms with Crippen LogP contribution in [0.4, 0.5) is 9.52 Å². The van der Waals surface area contributed by atoms with E-state index in [0.29, 0.717) is 21.6 Å². The molecule has 2 aromatic carbocycles. The van der Waals surface area contributed by atoms with Crippen molar-refractivity contribution in [2.75, 3.05) is 5.32 Å². The number of hydrogen-bond acceptors (Lipinski definition) is 4. The van der Waals surface area contributed by atoms with E-state index in [1.165, 1.54) is 29.5 Å². The normalized spacial score (nSPS) is 10.5. The van der Waals surface area contributed by atoms with Crippen LogP contribution < -0.4 is 5.32 Å². The highest BCUT2D eigenvalue weighted by atomic mass is 79.9. The summed E-state index contributed by atoms with van der Waals surface area (Å²) in [6, 6.07) is 13.8. The predicted octanol–water partition coefficient (Wildman–Crippen LogP) is 4.28. The van der Waals surface area contributed by atoms with Crippen molar-refractivity contribution in [2.24, 2.45) is 0 Å². The molecule has 0 aliphatic heterocycles. The lowest BCUT2D eigenvalue weighted by molar-refractivity contribution is 0.102. The highest BCUT2D eigenvalue weighted by molar-refractivity contribution is 9.10. The highest BCUT2D eigenvalue weighted by Gasteiger charge is 2.13. The van der Waals surface area contributed by atoms with Gasteiger partial charge in [0.1, 0.15) is 10.8 Å². The molecule has 0 spiro atoms. The van der Waals surface area contributed by atoms with Gasteiger partial charge in [-0.2, -0.15) is 0 Å². The number of carbonyl (C=O) groups is 1. The Bertz CT molecular complexity index is 838. The molecule has 4 nitrogen and oxygen atoms in total. The van der Waals surface area contributed by atoms with Crippen LogP contribution in [0.25, 0.3) is 0 Å². The summed E-state index contributed by atoms with van der Waals surface area (Å²) in [5.74, 6) is -0.770. The number of hydrogen-bond donors (Lipinski definition) is 1. The molecular formula is C16H11BrFN3OS. The number of rotatable bonds is 4. The van der Waals surface area contributed by atoms with E-state index in [-0.39, 0.29) is 5.91 Å². The number of amides is 1. The minimum Gasteiger partial charge on any atom is -0.296 e. The van der Waals surface area contributed by atoms with Crippen molar-refractivity contribution < 1.29 is 9.18 Å². The summed E-state index contributed by atoms with van der Waals surface area (Å²) in [4.78, 5) is 12.2. The Hall–Kier alpha value is -2.12. The molecule has 1 heterocycles. The molecule has 0 radical (unpaired) electrons. The third kappa shape index (κ3) is 4.00. The standard InChI is InChI=1S/C16H11BrFN3OS/c17-13-9-11(18)6-7-12(13)15(22)19-16-21-20-14(23-16)8-10-4-2-1-3-5-10/h1-7,9H,8H2,(H,19,21,22). The Morgan fingerprint density at radius 3 is 2.70 bits per heavy atom. The van der Waals surface area contributed by atoms with Gasteiger partial charge in [-0.25, -0.2) is 4.39 Å². The fourth-order valence-corrected chi connectivity index (χ4v) is 3.28. The van der Waals surface area contributed by atoms with E-state index < -0.39 is 5.82 Å². The fraction of sp³-hybridized carbons (Fsp3) is 0.0625. The number of nitrogens with one attached hydrogen (secondary N) is 1. The number of aromatic nitrogens is 2. The smallest absolute Gasteiger partial charge is 0.258 e. The van der Waals surface area contributed by atoms with E-state index in [0.717, 1.165) is 10.6 Å². The van der Waals surface area contributed by atoms with Gasteiger partial charge in [-0.05, 0) is 39.7 Å². The predicted molar refractivity (Wildman–Crippen MR) is 91.2 cm³/mol. The zero-order valence-corrected chi connectivity index (χ0v) is 14.2. The number of benzene rings is 2. The Morgan fingerprint density at radius 1 is 1.17 bits per heavy atom. The molecule has 0 saturated carbocycles. The van der Waals surface area contributed by atoms with Gasteiger partial charge >= 0.3 is 0 Å². The molecule has 1 N–H and O–H groups in total. The molecular weight excluding hydrogens is 381 g/mol. The Morgan fingerprint density at radius 2 is 1.96 bits per heavy atom. The van der Waals surface area contributed by atoms with Gasteiger partial charge in [-0.3, -0.25) is 10.1 Å². The van der Waals surface area contributed by atoms with Crippen LogP contribution in [0.3, 0.4) is 0 Å². The molecule has 3 aromatic rings. The zero-order chi connectivity index (χ0) is 16.2. The summed E-state index contributed by atoms with van der Waals surface area (Å²) in [5.41, 5.74) is 1.47. The first-order valence-electron chi connectivity index (χ1n) is 6.74. The second-order valence-corrected chi connectivity index (χ2v) is 6.66. The molecule has 0 saturated heterocycles. The third-order valence-electron chi connectivity index (χ3n) is 3.06. The van der Waals surface area contributed by atoms with Crippen molar-refractivity contribution in [3.63, 3.8) is 0 Å². The van der Waals surface area contributed by atoms with Crippen LogP contribution in [0.15, 0.2) is 53.0 Å². The first-order valence-corrected chi connectivity index (χ1v) is 8.35. The Labute approximate surface area is 144 Å². The van der Waals surface area contributed by atoms with Crippen LogP contribution in [0, 0.1) is 5.82 Å². The number of carbonyl (C=O) groups excluding carboxylic acids is 1. The maximum Gasteiger partial charge on any atom is 0.258 e. The molecule has 116 valence electrons. The lowest BCUT2D eigenvalue weighted by Crippen LogP contribution is -2.12. The van der Waals surface area contributed by atoms with Crippen LogP contribution in [-0.2, 0) is 6.42 Å². The molecule has 3 rings (SSSR count). The van der Waals surface area contributed by atoms with Gasteiger partial charge in [-0.15, -0.1) is 10.2 Å². The van der Waals surface area contributed by atoms with Gasteiger partial charge in [0, 0.05) is 10.9 Å². The van der Waals surface area contributed by atoms with Crippen LogP contribution in [-0.4, -0.2) is 16.1 Å².